The minimum absolute atomic E-state index is 0. The molecule has 0 N–H and O–H groups in total. The summed E-state index contributed by atoms with van der Waals surface area (Å²) in [5.41, 5.74) is 0. The summed E-state index contributed by atoms with van der Waals surface area (Å²) >= 11 is 0. The van der Waals surface area contributed by atoms with Crippen molar-refractivity contribution in [2.75, 3.05) is 34.3 Å². The summed E-state index contributed by atoms with van der Waals surface area (Å²) in [5, 5.41) is 0. The third kappa shape index (κ3) is 11.9. The number of nitrogens with zero attached hydrogens (tertiary/aromatic N) is 1. The van der Waals surface area contributed by atoms with Crippen molar-refractivity contribution in [3.8, 4) is 0 Å². The molecule has 0 heterocycles. The molecule has 0 atom stereocenters. The molecule has 80 valence electrons. The van der Waals surface area contributed by atoms with Crippen LogP contribution >= 0.6 is 17.0 Å². The Labute approximate surface area is 91.4 Å². The van der Waals surface area contributed by atoms with Gasteiger partial charge in [0.05, 0.1) is 21.1 Å². The fourth-order valence-electron chi connectivity index (χ4n) is 0.710. The second kappa shape index (κ2) is 7.33. The van der Waals surface area contributed by atoms with Crippen LogP contribution in [0.2, 0.25) is 0 Å². The summed E-state index contributed by atoms with van der Waals surface area (Å²) in [4.78, 5) is 10.9. The lowest BCUT2D eigenvalue weighted by Crippen LogP contribution is -2.37. The normalized spacial score (nSPS) is 10.5. The number of hydrogen-bond acceptors (Lipinski definition) is 2. The van der Waals surface area contributed by atoms with Crippen molar-refractivity contribution in [2.24, 2.45) is 0 Å². The number of esters is 1. The fraction of sp³-hybridized carbons (Fsp3) is 0.889. The third-order valence-corrected chi connectivity index (χ3v) is 1.48. The van der Waals surface area contributed by atoms with Gasteiger partial charge in [0, 0.05) is 6.42 Å². The van der Waals surface area contributed by atoms with Crippen LogP contribution in [0.3, 0.4) is 0 Å². The van der Waals surface area contributed by atoms with Gasteiger partial charge >= 0.3 is 5.97 Å². The molecule has 13 heavy (non-hydrogen) atoms. The molecule has 0 bridgehead atoms. The van der Waals surface area contributed by atoms with Crippen molar-refractivity contribution >= 4 is 23.0 Å². The lowest BCUT2D eigenvalue weighted by Gasteiger charge is -2.23. The number of likely N-dealkylation sites (N-methyl/N-ethyl adjacent to an activating group) is 1. The quantitative estimate of drug-likeness (QED) is 0.551. The van der Waals surface area contributed by atoms with E-state index in [2.05, 4.69) is 21.1 Å². The van der Waals surface area contributed by atoms with Gasteiger partial charge in [-0.1, -0.05) is 6.92 Å². The van der Waals surface area contributed by atoms with Gasteiger partial charge in [-0.3, -0.25) is 4.79 Å². The molecule has 0 saturated carbocycles. The topological polar surface area (TPSA) is 26.3 Å². The van der Waals surface area contributed by atoms with E-state index in [0.717, 1.165) is 17.4 Å². The molecule has 4 heteroatoms. The van der Waals surface area contributed by atoms with Gasteiger partial charge in [0.25, 0.3) is 0 Å². The lowest BCUT2D eigenvalue weighted by atomic mass is 10.3. The van der Waals surface area contributed by atoms with Crippen molar-refractivity contribution in [2.45, 2.75) is 19.8 Å². The maximum atomic E-state index is 10.9. The molecule has 0 aromatic carbocycles. The average molecular weight is 255 g/mol. The van der Waals surface area contributed by atoms with E-state index in [0.29, 0.717) is 13.0 Å². The fourth-order valence-corrected chi connectivity index (χ4v) is 0.710. The van der Waals surface area contributed by atoms with Gasteiger partial charge in [-0.15, -0.1) is 17.0 Å². The molecule has 0 saturated heterocycles. The van der Waals surface area contributed by atoms with Crippen molar-refractivity contribution in [3.63, 3.8) is 0 Å². The highest BCUT2D eigenvalue weighted by molar-refractivity contribution is 8.93. The minimum atomic E-state index is -0.0778. The zero-order valence-electron chi connectivity index (χ0n) is 9.00. The first-order valence-electron chi connectivity index (χ1n) is 4.42. The Hall–Kier alpha value is -0.0900. The maximum absolute atomic E-state index is 10.9. The van der Waals surface area contributed by atoms with Crippen LogP contribution in [-0.4, -0.2) is 44.7 Å². The average Bonchev–Trinajstić information content (AvgIpc) is 1.84. The van der Waals surface area contributed by atoms with Crippen LogP contribution in [-0.2, 0) is 9.53 Å². The number of ether oxygens (including phenoxy) is 1. The molecule has 0 amide bonds. The van der Waals surface area contributed by atoms with Crippen molar-refractivity contribution in [1.82, 2.24) is 0 Å². The molecule has 0 radical (unpaired) electrons. The number of quaternary nitrogens is 1. The summed E-state index contributed by atoms with van der Waals surface area (Å²) in [6.07, 6.45) is 1.40. The standard InChI is InChI=1S/C9H20NO2.BrH/c1-5-6-9(11)12-8-7-10(2,3)4;/h5-8H2,1-4H3;1H/q+1;. The zero-order chi connectivity index (χ0) is 9.61. The molecule has 0 aromatic heterocycles. The molecule has 0 spiro atoms. The van der Waals surface area contributed by atoms with Crippen LogP contribution in [0.15, 0.2) is 0 Å². The summed E-state index contributed by atoms with van der Waals surface area (Å²) in [6, 6.07) is 0. The monoisotopic (exact) mass is 254 g/mol. The Kier molecular flexibility index (Phi) is 8.67. The number of rotatable bonds is 5. The van der Waals surface area contributed by atoms with Gasteiger partial charge < -0.3 is 9.22 Å². The van der Waals surface area contributed by atoms with E-state index in [1.165, 1.54) is 0 Å². The molecule has 3 nitrogen and oxygen atoms in total. The molecular formula is C9H21BrNO2+. The second-order valence-electron chi connectivity index (χ2n) is 3.98. The van der Waals surface area contributed by atoms with Crippen LogP contribution in [0.5, 0.6) is 0 Å². The summed E-state index contributed by atoms with van der Waals surface area (Å²) < 4.78 is 5.84. The first-order chi connectivity index (χ1) is 5.45. The second-order valence-corrected chi connectivity index (χ2v) is 3.98. The van der Waals surface area contributed by atoms with Crippen molar-refractivity contribution in [3.05, 3.63) is 0 Å². The van der Waals surface area contributed by atoms with Crippen LogP contribution in [0.25, 0.3) is 0 Å². The predicted octanol–water partition coefficient (Wildman–Crippen LogP) is 1.61. The molecule has 0 rings (SSSR count). The van der Waals surface area contributed by atoms with Gasteiger partial charge in [0.2, 0.25) is 0 Å². The molecule has 0 fully saturated rings. The van der Waals surface area contributed by atoms with Gasteiger partial charge in [-0.25, -0.2) is 0 Å². The van der Waals surface area contributed by atoms with Gasteiger partial charge in [0.1, 0.15) is 13.2 Å². The molecule has 0 aliphatic heterocycles. The maximum Gasteiger partial charge on any atom is 0.305 e. The molecule has 0 unspecified atom stereocenters. The number of carbonyl (C=O) groups excluding carboxylic acids is 1. The van der Waals surface area contributed by atoms with E-state index in [1.807, 2.05) is 6.92 Å². The third-order valence-electron chi connectivity index (χ3n) is 1.48. The largest absolute Gasteiger partial charge is 0.460 e. The number of halogens is 1. The van der Waals surface area contributed by atoms with E-state index >= 15 is 0 Å². The Bertz CT molecular complexity index is 143. The Balaban J connectivity index is 0. The molecule has 0 aromatic rings. The van der Waals surface area contributed by atoms with Crippen molar-refractivity contribution in [1.29, 1.82) is 0 Å². The first-order valence-corrected chi connectivity index (χ1v) is 4.42. The highest BCUT2D eigenvalue weighted by atomic mass is 79.9. The summed E-state index contributed by atoms with van der Waals surface area (Å²) in [6.45, 7) is 3.37. The Morgan fingerprint density at radius 2 is 1.85 bits per heavy atom. The zero-order valence-corrected chi connectivity index (χ0v) is 10.7. The van der Waals surface area contributed by atoms with Gasteiger partial charge in [-0.2, -0.15) is 0 Å². The van der Waals surface area contributed by atoms with Crippen LogP contribution in [0.1, 0.15) is 19.8 Å². The lowest BCUT2D eigenvalue weighted by molar-refractivity contribution is -0.870. The summed E-state index contributed by atoms with van der Waals surface area (Å²) in [5.74, 6) is -0.0778. The predicted molar refractivity (Wildman–Crippen MR) is 59.1 cm³/mol. The van der Waals surface area contributed by atoms with E-state index in [9.17, 15) is 4.79 Å². The Morgan fingerprint density at radius 3 is 2.23 bits per heavy atom. The van der Waals surface area contributed by atoms with Crippen LogP contribution in [0.4, 0.5) is 0 Å². The van der Waals surface area contributed by atoms with E-state index < -0.39 is 0 Å². The molecule has 0 aliphatic carbocycles. The van der Waals surface area contributed by atoms with E-state index in [4.69, 9.17) is 4.74 Å². The van der Waals surface area contributed by atoms with E-state index in [1.54, 1.807) is 0 Å². The highest BCUT2D eigenvalue weighted by Crippen LogP contribution is 1.93. The van der Waals surface area contributed by atoms with Gasteiger partial charge in [0.15, 0.2) is 0 Å². The highest BCUT2D eigenvalue weighted by Gasteiger charge is 2.08. The molecule has 0 aliphatic rings. The van der Waals surface area contributed by atoms with Gasteiger partial charge in [-0.05, 0) is 6.42 Å². The SMILES string of the molecule is Br.CCCC(=O)OCC[N+](C)(C)C. The van der Waals surface area contributed by atoms with Crippen LogP contribution < -0.4 is 0 Å². The smallest absolute Gasteiger partial charge is 0.305 e. The number of carbonyl (C=O) groups is 1. The minimum Gasteiger partial charge on any atom is -0.460 e. The summed E-state index contributed by atoms with van der Waals surface area (Å²) in [7, 11) is 6.23. The van der Waals surface area contributed by atoms with E-state index in [-0.39, 0.29) is 23.0 Å². The van der Waals surface area contributed by atoms with Crippen LogP contribution in [0, 0.1) is 0 Å². The van der Waals surface area contributed by atoms with Crippen molar-refractivity contribution < 1.29 is 14.0 Å². The Morgan fingerprint density at radius 1 is 1.31 bits per heavy atom. The number of hydrogen-bond donors (Lipinski definition) is 0. The first kappa shape index (κ1) is 15.4. The molecular weight excluding hydrogens is 234 g/mol.